The number of thiophene rings is 1. The molecule has 0 aliphatic carbocycles. The van der Waals surface area contributed by atoms with Crippen molar-refractivity contribution in [2.24, 2.45) is 0 Å². The Morgan fingerprint density at radius 2 is 2.20 bits per heavy atom. The number of hydrogen-bond donors (Lipinski definition) is 2. The van der Waals surface area contributed by atoms with Crippen molar-refractivity contribution in [3.63, 3.8) is 0 Å². The molecule has 4 nitrogen and oxygen atoms in total. The number of rotatable bonds is 7. The number of fused-ring (bicyclic) bond motifs is 1. The molecular formula is C14H21N3OS2. The van der Waals surface area contributed by atoms with Gasteiger partial charge in [-0.05, 0) is 30.5 Å². The number of aromatic nitrogens is 2. The van der Waals surface area contributed by atoms with Gasteiger partial charge in [0.2, 0.25) is 0 Å². The maximum Gasteiger partial charge on any atom is 0.268 e. The first-order chi connectivity index (χ1) is 9.64. The molecule has 0 aliphatic heterocycles. The lowest BCUT2D eigenvalue weighted by Crippen LogP contribution is -2.36. The molecule has 0 fully saturated rings. The summed E-state index contributed by atoms with van der Waals surface area (Å²) < 4.78 is 0.974. The summed E-state index contributed by atoms with van der Waals surface area (Å²) in [6, 6.07) is 1.89. The average Bonchev–Trinajstić information content (AvgIpc) is 2.93. The fraction of sp³-hybridized carbons (Fsp3) is 0.571. The molecule has 110 valence electrons. The number of aromatic amines is 1. The van der Waals surface area contributed by atoms with Crippen LogP contribution in [0, 0.1) is 0 Å². The fourth-order valence-corrected chi connectivity index (χ4v) is 3.82. The molecule has 0 atom stereocenters. The van der Waals surface area contributed by atoms with Crippen molar-refractivity contribution in [2.45, 2.75) is 38.0 Å². The first-order valence-electron chi connectivity index (χ1n) is 6.86. The van der Waals surface area contributed by atoms with Crippen molar-refractivity contribution in [3.05, 3.63) is 27.6 Å². The zero-order chi connectivity index (χ0) is 14.6. The first kappa shape index (κ1) is 15.5. The normalized spacial score (nSPS) is 12.2. The van der Waals surface area contributed by atoms with Gasteiger partial charge < -0.3 is 10.3 Å². The van der Waals surface area contributed by atoms with E-state index in [-0.39, 0.29) is 10.3 Å². The van der Waals surface area contributed by atoms with Crippen molar-refractivity contribution in [2.75, 3.05) is 12.8 Å². The summed E-state index contributed by atoms with van der Waals surface area (Å²) in [6.07, 6.45) is 4.42. The zero-order valence-corrected chi connectivity index (χ0v) is 13.8. The highest BCUT2D eigenvalue weighted by molar-refractivity contribution is 8.00. The smallest absolute Gasteiger partial charge is 0.268 e. The molecule has 0 saturated heterocycles. The van der Waals surface area contributed by atoms with Crippen LogP contribution >= 0.6 is 23.1 Å². The molecule has 2 aromatic heterocycles. The van der Waals surface area contributed by atoms with Gasteiger partial charge in [-0.25, -0.2) is 4.98 Å². The topological polar surface area (TPSA) is 57.8 Å². The summed E-state index contributed by atoms with van der Waals surface area (Å²) in [7, 11) is 0. The Morgan fingerprint density at radius 1 is 1.45 bits per heavy atom. The molecule has 2 heterocycles. The van der Waals surface area contributed by atoms with Gasteiger partial charge in [0.05, 0.1) is 12.1 Å². The third-order valence-electron chi connectivity index (χ3n) is 3.83. The van der Waals surface area contributed by atoms with Crippen LogP contribution in [0.5, 0.6) is 0 Å². The van der Waals surface area contributed by atoms with Crippen molar-refractivity contribution < 1.29 is 0 Å². The predicted octanol–water partition coefficient (Wildman–Crippen LogP) is 3.00. The van der Waals surface area contributed by atoms with Crippen LogP contribution in [0.1, 0.15) is 32.5 Å². The minimum absolute atomic E-state index is 0.0380. The van der Waals surface area contributed by atoms with E-state index in [1.54, 1.807) is 0 Å². The van der Waals surface area contributed by atoms with Crippen LogP contribution in [0.4, 0.5) is 0 Å². The monoisotopic (exact) mass is 311 g/mol. The largest absolute Gasteiger partial charge is 0.309 e. The van der Waals surface area contributed by atoms with Crippen LogP contribution in [-0.2, 0) is 6.54 Å². The number of thioether (sulfide) groups is 1. The summed E-state index contributed by atoms with van der Waals surface area (Å²) >= 11 is 3.34. The number of nitrogens with zero attached hydrogens (tertiary/aromatic N) is 1. The molecular weight excluding hydrogens is 290 g/mol. The molecule has 2 rings (SSSR count). The van der Waals surface area contributed by atoms with Crippen molar-refractivity contribution in [1.29, 1.82) is 0 Å². The maximum atomic E-state index is 11.9. The lowest BCUT2D eigenvalue weighted by Gasteiger charge is -2.29. The van der Waals surface area contributed by atoms with Gasteiger partial charge in [-0.15, -0.1) is 11.3 Å². The van der Waals surface area contributed by atoms with Crippen LogP contribution in [-0.4, -0.2) is 27.5 Å². The quantitative estimate of drug-likeness (QED) is 0.825. The lowest BCUT2D eigenvalue weighted by atomic mass is 10.0. The summed E-state index contributed by atoms with van der Waals surface area (Å²) in [6.45, 7) is 5.97. The molecule has 0 aliphatic rings. The van der Waals surface area contributed by atoms with Crippen molar-refractivity contribution in [3.8, 4) is 0 Å². The van der Waals surface area contributed by atoms with Crippen LogP contribution in [0.25, 0.3) is 10.2 Å². The van der Waals surface area contributed by atoms with Gasteiger partial charge in [-0.1, -0.05) is 13.8 Å². The van der Waals surface area contributed by atoms with Crippen LogP contribution in [0.15, 0.2) is 16.2 Å². The Bertz CT molecular complexity index is 608. The van der Waals surface area contributed by atoms with E-state index in [1.807, 2.05) is 23.2 Å². The van der Waals surface area contributed by atoms with Gasteiger partial charge in [0, 0.05) is 11.3 Å². The summed E-state index contributed by atoms with van der Waals surface area (Å²) in [4.78, 5) is 19.2. The van der Waals surface area contributed by atoms with E-state index in [9.17, 15) is 4.79 Å². The van der Waals surface area contributed by atoms with E-state index < -0.39 is 0 Å². The Hall–Kier alpha value is -0.850. The van der Waals surface area contributed by atoms with E-state index in [1.165, 1.54) is 11.3 Å². The minimum atomic E-state index is -0.0380. The Kier molecular flexibility index (Phi) is 5.23. The zero-order valence-electron chi connectivity index (χ0n) is 12.2. The molecule has 20 heavy (non-hydrogen) atoms. The summed E-state index contributed by atoms with van der Waals surface area (Å²) in [5, 5.41) is 5.33. The Morgan fingerprint density at radius 3 is 2.85 bits per heavy atom. The number of nitrogens with one attached hydrogen (secondary N) is 2. The molecule has 0 spiro atoms. The molecule has 0 aromatic carbocycles. The van der Waals surface area contributed by atoms with Gasteiger partial charge in [-0.2, -0.15) is 11.8 Å². The highest BCUT2D eigenvalue weighted by atomic mass is 32.2. The second-order valence-electron chi connectivity index (χ2n) is 4.85. The summed E-state index contributed by atoms with van der Waals surface area (Å²) in [5.41, 5.74) is 0.751. The standard InChI is InChI=1S/C14H21N3OS2/c1-4-14(5-2,19-3)9-15-8-11-16-10-6-7-20-12(10)13(18)17-11/h6-7,15H,4-5,8-9H2,1-3H3,(H,16,17,18). The molecule has 0 radical (unpaired) electrons. The van der Waals surface area contributed by atoms with Gasteiger partial charge in [0.15, 0.2) is 0 Å². The highest BCUT2D eigenvalue weighted by Crippen LogP contribution is 2.29. The molecule has 0 saturated carbocycles. The maximum absolute atomic E-state index is 11.9. The van der Waals surface area contributed by atoms with Gasteiger partial charge >= 0.3 is 0 Å². The first-order valence-corrected chi connectivity index (χ1v) is 8.97. The Labute approximate surface area is 127 Å². The molecule has 2 aromatic rings. The van der Waals surface area contributed by atoms with Crippen molar-refractivity contribution >= 4 is 33.3 Å². The highest BCUT2D eigenvalue weighted by Gasteiger charge is 2.24. The third-order valence-corrected chi connectivity index (χ3v) is 6.32. The number of H-pyrrole nitrogens is 1. The van der Waals surface area contributed by atoms with E-state index in [0.29, 0.717) is 17.1 Å². The van der Waals surface area contributed by atoms with Crippen molar-refractivity contribution in [1.82, 2.24) is 15.3 Å². The molecule has 2 N–H and O–H groups in total. The molecule has 0 unspecified atom stereocenters. The average molecular weight is 311 g/mol. The van der Waals surface area contributed by atoms with E-state index in [2.05, 4.69) is 35.4 Å². The van der Waals surface area contributed by atoms with Gasteiger partial charge in [0.25, 0.3) is 5.56 Å². The predicted molar refractivity (Wildman–Crippen MR) is 88.8 cm³/mol. The second-order valence-corrected chi connectivity index (χ2v) is 7.04. The van der Waals surface area contributed by atoms with Crippen LogP contribution in [0.2, 0.25) is 0 Å². The summed E-state index contributed by atoms with van der Waals surface area (Å²) in [5.74, 6) is 0.711. The third kappa shape index (κ3) is 3.24. The number of hydrogen-bond acceptors (Lipinski definition) is 5. The van der Waals surface area contributed by atoms with Gasteiger partial charge in [-0.3, -0.25) is 4.79 Å². The molecule has 0 amide bonds. The van der Waals surface area contributed by atoms with Gasteiger partial charge in [0.1, 0.15) is 10.5 Å². The second kappa shape index (κ2) is 6.74. The molecule has 0 bridgehead atoms. The minimum Gasteiger partial charge on any atom is -0.309 e. The van der Waals surface area contributed by atoms with Crippen LogP contribution < -0.4 is 10.9 Å². The van der Waals surface area contributed by atoms with E-state index in [0.717, 1.165) is 24.9 Å². The van der Waals surface area contributed by atoms with E-state index in [4.69, 9.17) is 0 Å². The fourth-order valence-electron chi connectivity index (χ4n) is 2.27. The van der Waals surface area contributed by atoms with Crippen LogP contribution in [0.3, 0.4) is 0 Å². The van der Waals surface area contributed by atoms with E-state index >= 15 is 0 Å². The SMILES string of the molecule is CCC(CC)(CNCc1nc2ccsc2c(=O)[nH]1)SC. The lowest BCUT2D eigenvalue weighted by molar-refractivity contribution is 0.490. The Balaban J connectivity index is 2.04. The molecule has 6 heteroatoms.